The van der Waals surface area contributed by atoms with Crippen LogP contribution in [0.1, 0.15) is 39.0 Å². The van der Waals surface area contributed by atoms with Crippen molar-refractivity contribution in [3.63, 3.8) is 0 Å². The van der Waals surface area contributed by atoms with Gasteiger partial charge in [0.25, 0.3) is 0 Å². The van der Waals surface area contributed by atoms with E-state index in [1.807, 2.05) is 6.92 Å². The number of ether oxygens (including phenoxy) is 1. The Morgan fingerprint density at radius 3 is 3.06 bits per heavy atom. The van der Waals surface area contributed by atoms with E-state index in [1.54, 1.807) is 12.2 Å². The number of carbonyl (C=O) groups is 1. The second-order valence-electron chi connectivity index (χ2n) is 8.49. The van der Waals surface area contributed by atoms with Crippen molar-refractivity contribution in [2.24, 2.45) is 15.9 Å². The van der Waals surface area contributed by atoms with E-state index >= 15 is 0 Å². The van der Waals surface area contributed by atoms with Crippen LogP contribution in [0.3, 0.4) is 0 Å². The molecular formula is C23H28ClFN4O3. The molecule has 3 heterocycles. The van der Waals surface area contributed by atoms with Crippen molar-refractivity contribution in [1.82, 2.24) is 10.6 Å². The van der Waals surface area contributed by atoms with Gasteiger partial charge in [-0.05, 0) is 51.0 Å². The number of hydrogen-bond acceptors (Lipinski definition) is 6. The molecule has 4 aliphatic rings. The summed E-state index contributed by atoms with van der Waals surface area (Å²) in [6, 6.07) is 0.000373. The third-order valence-electron chi connectivity index (χ3n) is 6.17. The predicted octanol–water partition coefficient (Wildman–Crippen LogP) is 3.60. The lowest BCUT2D eigenvalue weighted by atomic mass is 9.89. The van der Waals surface area contributed by atoms with Crippen molar-refractivity contribution in [3.8, 4) is 0 Å². The van der Waals surface area contributed by atoms with Gasteiger partial charge < -0.3 is 20.5 Å². The highest BCUT2D eigenvalue weighted by molar-refractivity contribution is 6.31. The molecule has 1 saturated heterocycles. The molecule has 0 amide bonds. The molecule has 0 aromatic heterocycles. The second-order valence-corrected chi connectivity index (χ2v) is 8.87. The normalized spacial score (nSPS) is 28.3. The van der Waals surface area contributed by atoms with E-state index in [0.717, 1.165) is 25.1 Å². The number of nitrogens with zero attached hydrogens (tertiary/aromatic N) is 2. The molecule has 0 bridgehead atoms. The first-order valence-corrected chi connectivity index (χ1v) is 11.5. The maximum Gasteiger partial charge on any atom is 0.339 e. The molecule has 1 aliphatic carbocycles. The monoisotopic (exact) mass is 462 g/mol. The maximum atomic E-state index is 13.9. The summed E-state index contributed by atoms with van der Waals surface area (Å²) in [5, 5.41) is 16.6. The zero-order chi connectivity index (χ0) is 22.7. The van der Waals surface area contributed by atoms with Gasteiger partial charge in [0.05, 0.1) is 23.6 Å². The number of aliphatic imine (C=N–C) groups is 2. The van der Waals surface area contributed by atoms with E-state index in [9.17, 15) is 14.3 Å². The van der Waals surface area contributed by atoms with Crippen molar-refractivity contribution >= 4 is 29.5 Å². The van der Waals surface area contributed by atoms with E-state index in [-0.39, 0.29) is 35.5 Å². The van der Waals surface area contributed by atoms with E-state index < -0.39 is 5.97 Å². The Bertz CT molecular complexity index is 947. The van der Waals surface area contributed by atoms with Crippen LogP contribution >= 0.6 is 11.6 Å². The number of aliphatic carboxylic acids is 1. The number of halogens is 2. The van der Waals surface area contributed by atoms with Crippen molar-refractivity contribution in [2.45, 2.75) is 57.2 Å². The molecule has 0 saturated carbocycles. The van der Waals surface area contributed by atoms with Gasteiger partial charge in [-0.1, -0.05) is 11.6 Å². The molecule has 3 aliphatic heterocycles. The Labute approximate surface area is 191 Å². The lowest BCUT2D eigenvalue weighted by Crippen LogP contribution is -2.37. The maximum absolute atomic E-state index is 13.9. The Balaban J connectivity index is 1.39. The van der Waals surface area contributed by atoms with E-state index in [2.05, 4.69) is 20.6 Å². The summed E-state index contributed by atoms with van der Waals surface area (Å²) < 4.78 is 20.1. The first-order valence-electron chi connectivity index (χ1n) is 11.1. The van der Waals surface area contributed by atoms with E-state index in [1.165, 1.54) is 12.3 Å². The first kappa shape index (κ1) is 22.7. The van der Waals surface area contributed by atoms with Crippen molar-refractivity contribution in [1.29, 1.82) is 0 Å². The highest BCUT2D eigenvalue weighted by Gasteiger charge is 2.32. The average molecular weight is 463 g/mol. The molecule has 32 heavy (non-hydrogen) atoms. The van der Waals surface area contributed by atoms with Gasteiger partial charge in [0.2, 0.25) is 0 Å². The van der Waals surface area contributed by atoms with E-state index in [0.29, 0.717) is 42.4 Å². The van der Waals surface area contributed by atoms with Crippen LogP contribution in [0.2, 0.25) is 0 Å². The van der Waals surface area contributed by atoms with Crippen LogP contribution in [0.15, 0.2) is 56.2 Å². The summed E-state index contributed by atoms with van der Waals surface area (Å²) in [7, 11) is 0. The highest BCUT2D eigenvalue weighted by atomic mass is 35.5. The van der Waals surface area contributed by atoms with Gasteiger partial charge in [-0.2, -0.15) is 0 Å². The molecule has 0 spiro atoms. The zero-order valence-corrected chi connectivity index (χ0v) is 18.7. The molecule has 4 rings (SSSR count). The average Bonchev–Trinajstić information content (AvgIpc) is 3.29. The van der Waals surface area contributed by atoms with Crippen LogP contribution in [0.25, 0.3) is 0 Å². The smallest absolute Gasteiger partial charge is 0.339 e. The van der Waals surface area contributed by atoms with Crippen molar-refractivity contribution < 1.29 is 19.0 Å². The number of carboxylic acids is 1. The van der Waals surface area contributed by atoms with Crippen LogP contribution in [-0.2, 0) is 9.53 Å². The number of allylic oxidation sites excluding steroid dienone is 3. The zero-order valence-electron chi connectivity index (χ0n) is 18.0. The minimum Gasteiger partial charge on any atom is -0.495 e. The van der Waals surface area contributed by atoms with E-state index in [4.69, 9.17) is 16.3 Å². The standard InChI is InChI=1S/C23H28ClFN4O3/c1-13(32-19-6-4-14(25)11-15(19)17-3-2-9-26-17)8-10-27-21-16(23(30)31)12-28-18-5-7-20(24)29-22(18)21/h4,6-7,12-13,15,17-18,26-27H,2-3,5,8-11H2,1H3,(H,30,31)/t13-,15?,17+,18?/m0/s1. The number of rotatable bonds is 8. The number of fused-ring (bicyclic) bond motifs is 1. The summed E-state index contributed by atoms with van der Waals surface area (Å²) in [6.45, 7) is 3.40. The summed E-state index contributed by atoms with van der Waals surface area (Å²) in [5.41, 5.74) is 1.07. The highest BCUT2D eigenvalue weighted by Crippen LogP contribution is 2.33. The van der Waals surface area contributed by atoms with Gasteiger partial charge in [0, 0.05) is 37.6 Å². The Morgan fingerprint density at radius 1 is 1.47 bits per heavy atom. The molecule has 4 atom stereocenters. The van der Waals surface area contributed by atoms with Crippen LogP contribution in [0.5, 0.6) is 0 Å². The third kappa shape index (κ3) is 5.13. The van der Waals surface area contributed by atoms with Crippen molar-refractivity contribution in [3.05, 3.63) is 46.2 Å². The fraction of sp³-hybridized carbons (Fsp3) is 0.522. The van der Waals surface area contributed by atoms with Gasteiger partial charge in [0.15, 0.2) is 0 Å². The lowest BCUT2D eigenvalue weighted by molar-refractivity contribution is -0.132. The van der Waals surface area contributed by atoms with Crippen molar-refractivity contribution in [2.75, 3.05) is 13.1 Å². The van der Waals surface area contributed by atoms with Gasteiger partial charge in [-0.25, -0.2) is 14.2 Å². The van der Waals surface area contributed by atoms with Gasteiger partial charge >= 0.3 is 5.97 Å². The Kier molecular flexibility index (Phi) is 7.10. The fourth-order valence-electron chi connectivity index (χ4n) is 4.51. The topological polar surface area (TPSA) is 95.3 Å². The second kappa shape index (κ2) is 10.0. The molecule has 0 aromatic carbocycles. The van der Waals surface area contributed by atoms with Crippen LogP contribution < -0.4 is 10.6 Å². The Morgan fingerprint density at radius 2 is 2.31 bits per heavy atom. The molecule has 0 aromatic rings. The summed E-state index contributed by atoms with van der Waals surface area (Å²) in [4.78, 5) is 20.3. The molecular weight excluding hydrogens is 435 g/mol. The quantitative estimate of drug-likeness (QED) is 0.479. The summed E-state index contributed by atoms with van der Waals surface area (Å²) in [6.07, 6.45) is 9.93. The summed E-state index contributed by atoms with van der Waals surface area (Å²) >= 11 is 6.06. The third-order valence-corrected chi connectivity index (χ3v) is 6.41. The van der Waals surface area contributed by atoms with Gasteiger partial charge in [-0.15, -0.1) is 0 Å². The molecule has 3 N–H and O–H groups in total. The molecule has 0 radical (unpaired) electrons. The fourth-order valence-corrected chi connectivity index (χ4v) is 4.69. The molecule has 7 nitrogen and oxygen atoms in total. The van der Waals surface area contributed by atoms with Gasteiger partial charge in [0.1, 0.15) is 22.3 Å². The molecule has 1 fully saturated rings. The Hall–Kier alpha value is -2.45. The minimum atomic E-state index is -1.07. The largest absolute Gasteiger partial charge is 0.495 e. The number of dihydropyridines is 1. The molecule has 9 heteroatoms. The SMILES string of the molecule is C[C@@H](CCNC1=C(C(=O)O)C=NC2CC=C(Cl)N=C12)OC1=CC=C(F)CC1[C@H]1CCCN1. The number of carboxylic acid groups (broad SMARTS) is 1. The molecule has 172 valence electrons. The first-order chi connectivity index (χ1) is 15.4. The molecule has 2 unspecified atom stereocenters. The lowest BCUT2D eigenvalue weighted by Gasteiger charge is -2.30. The summed E-state index contributed by atoms with van der Waals surface area (Å²) in [5.74, 6) is -0.379. The van der Waals surface area contributed by atoms with Crippen LogP contribution in [0, 0.1) is 5.92 Å². The van der Waals surface area contributed by atoms with Crippen LogP contribution in [-0.4, -0.2) is 54.3 Å². The minimum absolute atomic E-state index is 0.0000632. The number of hydrogen-bond donors (Lipinski definition) is 3. The predicted molar refractivity (Wildman–Crippen MR) is 123 cm³/mol. The van der Waals surface area contributed by atoms with Crippen LogP contribution in [0.4, 0.5) is 4.39 Å². The number of nitrogens with one attached hydrogen (secondary N) is 2. The van der Waals surface area contributed by atoms with Gasteiger partial charge in [-0.3, -0.25) is 4.99 Å².